The predicted molar refractivity (Wildman–Crippen MR) is 55.5 cm³/mol. The first-order valence-corrected chi connectivity index (χ1v) is 5.44. The van der Waals surface area contributed by atoms with Crippen LogP contribution in [0.15, 0.2) is 0 Å². The third-order valence-electron chi connectivity index (χ3n) is 1.74. The molecule has 2 unspecified atom stereocenters. The molecule has 0 saturated carbocycles. The standard InChI is InChI=1S/C9H18BrNO/c1-4-5-6-7(2)11-9(12)8(3)10/h7-8H,4-6H2,1-3H3,(H,11,12). The zero-order valence-corrected chi connectivity index (χ0v) is 9.65. The van der Waals surface area contributed by atoms with Crippen LogP contribution in [0.2, 0.25) is 0 Å². The van der Waals surface area contributed by atoms with Crippen LogP contribution in [0.4, 0.5) is 0 Å². The lowest BCUT2D eigenvalue weighted by Gasteiger charge is -2.14. The molecule has 0 aliphatic heterocycles. The maximum Gasteiger partial charge on any atom is 0.233 e. The van der Waals surface area contributed by atoms with E-state index in [0.29, 0.717) is 6.04 Å². The Bertz CT molecular complexity index is 136. The van der Waals surface area contributed by atoms with Crippen molar-refractivity contribution in [2.45, 2.75) is 50.9 Å². The molecule has 0 fully saturated rings. The lowest BCUT2D eigenvalue weighted by atomic mass is 10.1. The van der Waals surface area contributed by atoms with E-state index < -0.39 is 0 Å². The van der Waals surface area contributed by atoms with Gasteiger partial charge in [0.15, 0.2) is 0 Å². The fourth-order valence-electron chi connectivity index (χ4n) is 0.940. The van der Waals surface area contributed by atoms with Crippen molar-refractivity contribution in [3.63, 3.8) is 0 Å². The molecule has 2 nitrogen and oxygen atoms in total. The molecule has 1 amide bonds. The van der Waals surface area contributed by atoms with Crippen LogP contribution in [0.25, 0.3) is 0 Å². The van der Waals surface area contributed by atoms with Crippen molar-refractivity contribution in [3.8, 4) is 0 Å². The SMILES string of the molecule is CCCCC(C)NC(=O)C(C)Br. The second-order valence-electron chi connectivity index (χ2n) is 3.17. The van der Waals surface area contributed by atoms with Crippen molar-refractivity contribution in [1.82, 2.24) is 5.32 Å². The van der Waals surface area contributed by atoms with Crippen molar-refractivity contribution < 1.29 is 4.79 Å². The van der Waals surface area contributed by atoms with E-state index in [1.807, 2.05) is 13.8 Å². The minimum Gasteiger partial charge on any atom is -0.353 e. The number of carbonyl (C=O) groups excluding carboxylic acids is 1. The summed E-state index contributed by atoms with van der Waals surface area (Å²) in [5.41, 5.74) is 0. The Kier molecular flexibility index (Phi) is 6.44. The Morgan fingerprint density at radius 3 is 2.50 bits per heavy atom. The summed E-state index contributed by atoms with van der Waals surface area (Å²) in [7, 11) is 0. The first kappa shape index (κ1) is 11.9. The number of alkyl halides is 1. The lowest BCUT2D eigenvalue weighted by molar-refractivity contribution is -0.120. The Morgan fingerprint density at radius 1 is 1.50 bits per heavy atom. The van der Waals surface area contributed by atoms with Crippen LogP contribution in [-0.2, 0) is 4.79 Å². The minimum atomic E-state index is -0.0819. The van der Waals surface area contributed by atoms with Gasteiger partial charge >= 0.3 is 0 Å². The molecule has 0 aliphatic carbocycles. The first-order chi connectivity index (χ1) is 5.57. The quantitative estimate of drug-likeness (QED) is 0.730. The van der Waals surface area contributed by atoms with Crippen molar-refractivity contribution >= 4 is 21.8 Å². The summed E-state index contributed by atoms with van der Waals surface area (Å²) in [5.74, 6) is 0.0820. The summed E-state index contributed by atoms with van der Waals surface area (Å²) in [6.07, 6.45) is 3.43. The van der Waals surface area contributed by atoms with Gasteiger partial charge in [-0.2, -0.15) is 0 Å². The van der Waals surface area contributed by atoms with Gasteiger partial charge in [-0.1, -0.05) is 35.7 Å². The van der Waals surface area contributed by atoms with E-state index in [1.54, 1.807) is 0 Å². The molecule has 0 rings (SSSR count). The number of hydrogen-bond donors (Lipinski definition) is 1. The van der Waals surface area contributed by atoms with Crippen LogP contribution >= 0.6 is 15.9 Å². The van der Waals surface area contributed by atoms with Crippen molar-refractivity contribution in [2.75, 3.05) is 0 Å². The topological polar surface area (TPSA) is 29.1 Å². The summed E-state index contributed by atoms with van der Waals surface area (Å²) in [6.45, 7) is 6.03. The molecule has 3 heteroatoms. The average Bonchev–Trinajstić information content (AvgIpc) is 2.00. The number of hydrogen-bond acceptors (Lipinski definition) is 1. The third kappa shape index (κ3) is 5.58. The number of unbranched alkanes of at least 4 members (excludes halogenated alkanes) is 1. The normalized spacial score (nSPS) is 15.3. The molecule has 72 valence electrons. The Hall–Kier alpha value is -0.0500. The molecule has 0 aliphatic rings. The molecule has 0 spiro atoms. The number of amides is 1. The number of nitrogens with one attached hydrogen (secondary N) is 1. The monoisotopic (exact) mass is 235 g/mol. The van der Waals surface area contributed by atoms with Gasteiger partial charge in [0.05, 0.1) is 4.83 Å². The largest absolute Gasteiger partial charge is 0.353 e. The van der Waals surface area contributed by atoms with Gasteiger partial charge in [0.2, 0.25) is 5.91 Å². The number of rotatable bonds is 5. The predicted octanol–water partition coefficient (Wildman–Crippen LogP) is 2.46. The highest BCUT2D eigenvalue weighted by atomic mass is 79.9. The maximum absolute atomic E-state index is 11.2. The first-order valence-electron chi connectivity index (χ1n) is 4.52. The molecule has 0 aromatic heterocycles. The van der Waals surface area contributed by atoms with Crippen LogP contribution < -0.4 is 5.32 Å². The van der Waals surface area contributed by atoms with E-state index in [0.717, 1.165) is 6.42 Å². The summed E-state index contributed by atoms with van der Waals surface area (Å²) in [6, 6.07) is 0.303. The highest BCUT2D eigenvalue weighted by Crippen LogP contribution is 2.02. The van der Waals surface area contributed by atoms with E-state index in [-0.39, 0.29) is 10.7 Å². The fourth-order valence-corrected chi connectivity index (χ4v) is 1.07. The molecule has 0 bridgehead atoms. The van der Waals surface area contributed by atoms with Crippen LogP contribution in [0, 0.1) is 0 Å². The van der Waals surface area contributed by atoms with Crippen LogP contribution in [-0.4, -0.2) is 16.8 Å². The smallest absolute Gasteiger partial charge is 0.233 e. The summed E-state index contributed by atoms with van der Waals surface area (Å²) in [5, 5.41) is 2.93. The van der Waals surface area contributed by atoms with Gasteiger partial charge < -0.3 is 5.32 Å². The second-order valence-corrected chi connectivity index (χ2v) is 4.54. The Balaban J connectivity index is 3.54. The van der Waals surface area contributed by atoms with Gasteiger partial charge in [0.25, 0.3) is 0 Å². The molecule has 0 saturated heterocycles. The average molecular weight is 236 g/mol. The molecule has 0 heterocycles. The van der Waals surface area contributed by atoms with E-state index >= 15 is 0 Å². The van der Waals surface area contributed by atoms with Crippen molar-refractivity contribution in [2.24, 2.45) is 0 Å². The van der Waals surface area contributed by atoms with Crippen molar-refractivity contribution in [3.05, 3.63) is 0 Å². The molecule has 12 heavy (non-hydrogen) atoms. The highest BCUT2D eigenvalue weighted by molar-refractivity contribution is 9.10. The summed E-state index contributed by atoms with van der Waals surface area (Å²) < 4.78 is 0. The maximum atomic E-state index is 11.2. The van der Waals surface area contributed by atoms with Crippen molar-refractivity contribution in [1.29, 1.82) is 0 Å². The molecule has 1 N–H and O–H groups in total. The number of halogens is 1. The molecular weight excluding hydrogens is 218 g/mol. The van der Waals surface area contributed by atoms with E-state index in [9.17, 15) is 4.79 Å². The van der Waals surface area contributed by atoms with Gasteiger partial charge in [0.1, 0.15) is 0 Å². The van der Waals surface area contributed by atoms with E-state index in [4.69, 9.17) is 0 Å². The number of carbonyl (C=O) groups is 1. The third-order valence-corrected chi connectivity index (χ3v) is 2.16. The summed E-state index contributed by atoms with van der Waals surface area (Å²) >= 11 is 3.22. The van der Waals surface area contributed by atoms with Gasteiger partial charge in [-0.15, -0.1) is 0 Å². The summed E-state index contributed by atoms with van der Waals surface area (Å²) in [4.78, 5) is 11.1. The molecule has 0 aromatic carbocycles. The van der Waals surface area contributed by atoms with Gasteiger partial charge in [-0.3, -0.25) is 4.79 Å². The lowest BCUT2D eigenvalue weighted by Crippen LogP contribution is -2.36. The zero-order valence-electron chi connectivity index (χ0n) is 8.06. The molecule has 0 aromatic rings. The highest BCUT2D eigenvalue weighted by Gasteiger charge is 2.10. The second kappa shape index (κ2) is 6.46. The molecular formula is C9H18BrNO. The zero-order chi connectivity index (χ0) is 9.56. The minimum absolute atomic E-state index is 0.0819. The fraction of sp³-hybridized carbons (Fsp3) is 0.889. The molecule has 2 atom stereocenters. The van der Waals surface area contributed by atoms with E-state index in [2.05, 4.69) is 28.2 Å². The van der Waals surface area contributed by atoms with Crippen LogP contribution in [0.1, 0.15) is 40.0 Å². The van der Waals surface area contributed by atoms with Gasteiger partial charge in [-0.05, 0) is 20.3 Å². The van der Waals surface area contributed by atoms with E-state index in [1.165, 1.54) is 12.8 Å². The van der Waals surface area contributed by atoms with Crippen LogP contribution in [0.5, 0.6) is 0 Å². The molecule has 0 radical (unpaired) electrons. The van der Waals surface area contributed by atoms with Gasteiger partial charge in [0, 0.05) is 6.04 Å². The Morgan fingerprint density at radius 2 is 2.08 bits per heavy atom. The Labute approximate surface area is 83.2 Å². The van der Waals surface area contributed by atoms with Gasteiger partial charge in [-0.25, -0.2) is 0 Å². The van der Waals surface area contributed by atoms with Crippen LogP contribution in [0.3, 0.4) is 0 Å².